The number of anilines is 1. The number of halogens is 1. The highest BCUT2D eigenvalue weighted by Crippen LogP contribution is 2.15. The minimum absolute atomic E-state index is 0.0995. The van der Waals surface area contributed by atoms with Gasteiger partial charge in [0.1, 0.15) is 5.82 Å². The second-order valence-corrected chi connectivity index (χ2v) is 7.00. The fourth-order valence-corrected chi connectivity index (χ4v) is 3.03. The molecule has 0 bridgehead atoms. The Morgan fingerprint density at radius 1 is 1.17 bits per heavy atom. The van der Waals surface area contributed by atoms with Crippen molar-refractivity contribution in [3.05, 3.63) is 59.9 Å². The van der Waals surface area contributed by atoms with E-state index >= 15 is 0 Å². The van der Waals surface area contributed by atoms with Gasteiger partial charge in [-0.1, -0.05) is 0 Å². The van der Waals surface area contributed by atoms with Crippen LogP contribution in [0, 0.1) is 17.1 Å². The second-order valence-electron chi connectivity index (χ2n) is 4.95. The first-order valence-corrected chi connectivity index (χ1v) is 8.29. The SMILES string of the molecule is CN(CC(=O)Nc1ccc(C#N)cc1)S(=O)(=O)c1ccc(F)cc1. The number of nitrogens with zero attached hydrogens (tertiary/aromatic N) is 2. The number of benzene rings is 2. The lowest BCUT2D eigenvalue weighted by Gasteiger charge is -2.17. The summed E-state index contributed by atoms with van der Waals surface area (Å²) < 4.78 is 38.4. The van der Waals surface area contributed by atoms with Crippen molar-refractivity contribution in [1.82, 2.24) is 4.31 Å². The van der Waals surface area contributed by atoms with Gasteiger partial charge in [-0.05, 0) is 48.5 Å². The van der Waals surface area contributed by atoms with Crippen molar-refractivity contribution in [3.8, 4) is 6.07 Å². The van der Waals surface area contributed by atoms with Gasteiger partial charge in [-0.3, -0.25) is 4.79 Å². The van der Waals surface area contributed by atoms with Gasteiger partial charge < -0.3 is 5.32 Å². The molecule has 24 heavy (non-hydrogen) atoms. The van der Waals surface area contributed by atoms with Gasteiger partial charge >= 0.3 is 0 Å². The molecule has 124 valence electrons. The Morgan fingerprint density at radius 2 is 1.75 bits per heavy atom. The summed E-state index contributed by atoms with van der Waals surface area (Å²) in [6.45, 7) is -0.403. The van der Waals surface area contributed by atoms with Crippen LogP contribution in [0.1, 0.15) is 5.56 Å². The molecule has 0 aliphatic heterocycles. The highest BCUT2D eigenvalue weighted by Gasteiger charge is 2.23. The highest BCUT2D eigenvalue weighted by molar-refractivity contribution is 7.89. The summed E-state index contributed by atoms with van der Waals surface area (Å²) in [7, 11) is -2.63. The first kappa shape index (κ1) is 17.6. The predicted molar refractivity (Wildman–Crippen MR) is 86.0 cm³/mol. The van der Waals surface area contributed by atoms with Crippen LogP contribution in [0.3, 0.4) is 0 Å². The van der Waals surface area contributed by atoms with Crippen LogP contribution in [0.15, 0.2) is 53.4 Å². The maximum Gasteiger partial charge on any atom is 0.243 e. The van der Waals surface area contributed by atoms with Crippen molar-refractivity contribution in [2.24, 2.45) is 0 Å². The first-order chi connectivity index (χ1) is 11.3. The molecule has 2 aromatic carbocycles. The summed E-state index contributed by atoms with van der Waals surface area (Å²) in [5.41, 5.74) is 0.899. The van der Waals surface area contributed by atoms with Crippen LogP contribution in [-0.2, 0) is 14.8 Å². The van der Waals surface area contributed by atoms with E-state index in [9.17, 15) is 17.6 Å². The van der Waals surface area contributed by atoms with Gasteiger partial charge in [0, 0.05) is 12.7 Å². The third-order valence-electron chi connectivity index (χ3n) is 3.19. The van der Waals surface area contributed by atoms with E-state index in [0.29, 0.717) is 11.3 Å². The number of hydrogen-bond acceptors (Lipinski definition) is 4. The molecule has 0 unspecified atom stereocenters. The summed E-state index contributed by atoms with van der Waals surface area (Å²) >= 11 is 0. The molecule has 0 atom stereocenters. The van der Waals surface area contributed by atoms with E-state index in [2.05, 4.69) is 5.32 Å². The number of nitrogens with one attached hydrogen (secondary N) is 1. The molecule has 2 aromatic rings. The predicted octanol–water partition coefficient (Wildman–Crippen LogP) is 1.96. The maximum absolute atomic E-state index is 12.9. The molecule has 1 N–H and O–H groups in total. The molecule has 0 aromatic heterocycles. The van der Waals surface area contributed by atoms with Crippen molar-refractivity contribution >= 4 is 21.6 Å². The van der Waals surface area contributed by atoms with E-state index in [0.717, 1.165) is 28.6 Å². The minimum atomic E-state index is -3.89. The van der Waals surface area contributed by atoms with Gasteiger partial charge in [0.2, 0.25) is 15.9 Å². The molecule has 0 aliphatic rings. The molecule has 1 amide bonds. The van der Waals surface area contributed by atoms with Crippen LogP contribution < -0.4 is 5.32 Å². The van der Waals surface area contributed by atoms with Crippen molar-refractivity contribution in [3.63, 3.8) is 0 Å². The summed E-state index contributed by atoms with van der Waals surface area (Å²) in [5.74, 6) is -1.08. The molecule has 8 heteroatoms. The molecular weight excluding hydrogens is 333 g/mol. The Kier molecular flexibility index (Phi) is 5.28. The Morgan fingerprint density at radius 3 is 2.29 bits per heavy atom. The van der Waals surface area contributed by atoms with Crippen LogP contribution in [0.25, 0.3) is 0 Å². The maximum atomic E-state index is 12.9. The van der Waals surface area contributed by atoms with Crippen molar-refractivity contribution in [2.75, 3.05) is 18.9 Å². The van der Waals surface area contributed by atoms with Gasteiger partial charge in [0.05, 0.1) is 23.1 Å². The molecular formula is C16H14FN3O3S. The smallest absolute Gasteiger partial charge is 0.243 e. The second kappa shape index (κ2) is 7.21. The van der Waals surface area contributed by atoms with Gasteiger partial charge in [-0.15, -0.1) is 0 Å². The molecule has 6 nitrogen and oxygen atoms in total. The Bertz CT molecular complexity index is 872. The highest BCUT2D eigenvalue weighted by atomic mass is 32.2. The minimum Gasteiger partial charge on any atom is -0.325 e. The number of carbonyl (C=O) groups is 1. The van der Waals surface area contributed by atoms with E-state index in [1.165, 1.54) is 19.2 Å². The number of carbonyl (C=O) groups excluding carboxylic acids is 1. The average molecular weight is 347 g/mol. The molecule has 0 saturated carbocycles. The van der Waals surface area contributed by atoms with Crippen molar-refractivity contribution in [2.45, 2.75) is 4.90 Å². The zero-order valence-corrected chi connectivity index (χ0v) is 13.5. The largest absolute Gasteiger partial charge is 0.325 e. The first-order valence-electron chi connectivity index (χ1n) is 6.85. The van der Waals surface area contributed by atoms with Gasteiger partial charge in [0.25, 0.3) is 0 Å². The molecule has 2 rings (SSSR count). The Balaban J connectivity index is 2.04. The lowest BCUT2D eigenvalue weighted by atomic mass is 10.2. The summed E-state index contributed by atoms with van der Waals surface area (Å²) in [6, 6.07) is 12.5. The standard InChI is InChI=1S/C16H14FN3O3S/c1-20(24(22,23)15-8-4-13(17)5-9-15)11-16(21)19-14-6-2-12(10-18)3-7-14/h2-9H,11H2,1H3,(H,19,21). The number of nitriles is 1. The molecule has 0 saturated heterocycles. The summed E-state index contributed by atoms with van der Waals surface area (Å²) in [6.07, 6.45) is 0. The lowest BCUT2D eigenvalue weighted by Crippen LogP contribution is -2.34. The number of likely N-dealkylation sites (N-methyl/N-ethyl adjacent to an activating group) is 1. The number of sulfonamides is 1. The van der Waals surface area contributed by atoms with Crippen LogP contribution in [0.5, 0.6) is 0 Å². The van der Waals surface area contributed by atoms with Crippen molar-refractivity contribution in [1.29, 1.82) is 5.26 Å². The Labute approximate surface area is 139 Å². The van der Waals surface area contributed by atoms with E-state index in [1.54, 1.807) is 12.1 Å². The number of amides is 1. The number of rotatable bonds is 5. The monoisotopic (exact) mass is 347 g/mol. The normalized spacial score (nSPS) is 11.1. The molecule has 0 aliphatic carbocycles. The fraction of sp³-hybridized carbons (Fsp3) is 0.125. The van der Waals surface area contributed by atoms with E-state index in [4.69, 9.17) is 5.26 Å². The van der Waals surface area contributed by atoms with E-state index in [-0.39, 0.29) is 4.90 Å². The zero-order chi connectivity index (χ0) is 17.7. The summed E-state index contributed by atoms with van der Waals surface area (Å²) in [4.78, 5) is 11.9. The van der Waals surface area contributed by atoms with Gasteiger partial charge in [-0.25, -0.2) is 12.8 Å². The van der Waals surface area contributed by atoms with Crippen LogP contribution in [0.2, 0.25) is 0 Å². The van der Waals surface area contributed by atoms with Crippen LogP contribution in [-0.4, -0.2) is 32.2 Å². The topological polar surface area (TPSA) is 90.3 Å². The molecule has 0 radical (unpaired) electrons. The van der Waals surface area contributed by atoms with E-state index < -0.39 is 28.3 Å². The summed E-state index contributed by atoms with van der Waals surface area (Å²) in [5, 5.41) is 11.3. The lowest BCUT2D eigenvalue weighted by molar-refractivity contribution is -0.116. The Hall–Kier alpha value is -2.76. The third kappa shape index (κ3) is 4.16. The molecule has 0 spiro atoms. The van der Waals surface area contributed by atoms with Crippen LogP contribution >= 0.6 is 0 Å². The molecule has 0 fully saturated rings. The van der Waals surface area contributed by atoms with Crippen molar-refractivity contribution < 1.29 is 17.6 Å². The average Bonchev–Trinajstić information content (AvgIpc) is 2.55. The van der Waals surface area contributed by atoms with Crippen LogP contribution in [0.4, 0.5) is 10.1 Å². The van der Waals surface area contributed by atoms with Gasteiger partial charge in [-0.2, -0.15) is 9.57 Å². The van der Waals surface area contributed by atoms with E-state index in [1.807, 2.05) is 6.07 Å². The fourth-order valence-electron chi connectivity index (χ4n) is 1.90. The quantitative estimate of drug-likeness (QED) is 0.895. The molecule has 0 heterocycles. The third-order valence-corrected chi connectivity index (χ3v) is 5.00. The number of hydrogen-bond donors (Lipinski definition) is 1. The zero-order valence-electron chi connectivity index (χ0n) is 12.7. The van der Waals surface area contributed by atoms with Gasteiger partial charge in [0.15, 0.2) is 0 Å².